The van der Waals surface area contributed by atoms with Gasteiger partial charge in [0, 0.05) is 31.3 Å². The number of carbonyl (C=O) groups is 2. The molecular weight excluding hydrogens is 741 g/mol. The van der Waals surface area contributed by atoms with Crippen molar-refractivity contribution >= 4 is 31.5 Å². The first kappa shape index (κ1) is 44.3. The molecule has 2 aliphatic rings. The number of unbranched alkanes of at least 4 members (excludes halogenated alkanes) is 4. The Morgan fingerprint density at radius 1 is 0.732 bits per heavy atom. The minimum atomic E-state index is -2.05. The van der Waals surface area contributed by atoms with E-state index in [9.17, 15) is 29.8 Å². The Morgan fingerprint density at radius 3 is 1.57 bits per heavy atom. The van der Waals surface area contributed by atoms with Crippen molar-refractivity contribution in [2.75, 3.05) is 47.1 Å². The largest absolute Gasteiger partial charge is 0.493 e. The Balaban J connectivity index is 1.27. The van der Waals surface area contributed by atoms with Crippen LogP contribution < -0.4 is 18.9 Å². The van der Waals surface area contributed by atoms with Crippen LogP contribution in [0.2, 0.25) is 18.1 Å². The minimum absolute atomic E-state index is 0.00272. The van der Waals surface area contributed by atoms with E-state index in [-0.39, 0.29) is 68.5 Å². The van der Waals surface area contributed by atoms with Crippen molar-refractivity contribution in [3.05, 3.63) is 55.6 Å². The number of nitrogens with zero attached hydrogens (tertiary/aromatic N) is 4. The number of hydrogen-bond donors (Lipinski definition) is 0. The highest BCUT2D eigenvalue weighted by atomic mass is 28.4. The van der Waals surface area contributed by atoms with E-state index in [1.165, 1.54) is 38.5 Å². The lowest BCUT2D eigenvalue weighted by Crippen LogP contribution is -2.46. The molecule has 0 radical (unpaired) electrons. The summed E-state index contributed by atoms with van der Waals surface area (Å²) in [6, 6.07) is 5.27. The fraction of sp³-hybridized carbons (Fsp3) is 0.650. The van der Waals surface area contributed by atoms with E-state index in [4.69, 9.17) is 23.4 Å². The predicted molar refractivity (Wildman–Crippen MR) is 215 cm³/mol. The highest BCUT2D eigenvalue weighted by Crippen LogP contribution is 2.40. The molecule has 2 aromatic carbocycles. The van der Waals surface area contributed by atoms with Gasteiger partial charge in [-0.2, -0.15) is 0 Å². The number of carbonyl (C=O) groups excluding carboxylic acids is 2. The Bertz CT molecular complexity index is 1710. The van der Waals surface area contributed by atoms with Gasteiger partial charge in [0.25, 0.3) is 23.2 Å². The summed E-state index contributed by atoms with van der Waals surface area (Å²) < 4.78 is 29.2. The van der Waals surface area contributed by atoms with Gasteiger partial charge in [0.1, 0.15) is 11.1 Å². The number of nitro benzene ring substituents is 2. The molecule has 0 spiro atoms. The summed E-state index contributed by atoms with van der Waals surface area (Å²) in [7, 11) is 0.829. The Hall–Kier alpha value is -4.44. The van der Waals surface area contributed by atoms with Gasteiger partial charge >= 0.3 is 0 Å². The molecule has 56 heavy (non-hydrogen) atoms. The Kier molecular flexibility index (Phi) is 15.5. The van der Waals surface area contributed by atoms with Crippen LogP contribution in [-0.4, -0.2) is 99.0 Å². The highest BCUT2D eigenvalue weighted by Gasteiger charge is 2.40. The zero-order valence-corrected chi connectivity index (χ0v) is 35.4. The summed E-state index contributed by atoms with van der Waals surface area (Å²) in [4.78, 5) is 53.5. The zero-order chi connectivity index (χ0) is 41.2. The van der Waals surface area contributed by atoms with E-state index in [2.05, 4.69) is 33.9 Å². The molecule has 310 valence electrons. The van der Waals surface area contributed by atoms with Crippen LogP contribution in [0.1, 0.15) is 113 Å². The highest BCUT2D eigenvalue weighted by molar-refractivity contribution is 6.74. The fourth-order valence-electron chi connectivity index (χ4n) is 7.02. The summed E-state index contributed by atoms with van der Waals surface area (Å²) in [6.45, 7) is 14.9. The number of ether oxygens (including phenoxy) is 4. The quantitative estimate of drug-likeness (QED) is 0.0543. The molecule has 2 saturated heterocycles. The molecule has 2 amide bonds. The van der Waals surface area contributed by atoms with Gasteiger partial charge in [0.05, 0.1) is 62.1 Å². The molecule has 2 aliphatic heterocycles. The van der Waals surface area contributed by atoms with Gasteiger partial charge in [-0.3, -0.25) is 29.8 Å². The first-order chi connectivity index (χ1) is 26.5. The number of nitro groups is 2. The van der Waals surface area contributed by atoms with Crippen molar-refractivity contribution in [1.29, 1.82) is 0 Å². The molecule has 2 fully saturated rings. The van der Waals surface area contributed by atoms with Gasteiger partial charge in [-0.05, 0) is 63.1 Å². The molecule has 2 aromatic rings. The molecule has 15 nitrogen and oxygen atoms in total. The van der Waals surface area contributed by atoms with Crippen molar-refractivity contribution in [3.63, 3.8) is 0 Å². The van der Waals surface area contributed by atoms with Gasteiger partial charge in [-0.25, -0.2) is 0 Å². The summed E-state index contributed by atoms with van der Waals surface area (Å²) >= 11 is 0. The molecule has 4 rings (SSSR count). The van der Waals surface area contributed by atoms with Gasteiger partial charge in [0.15, 0.2) is 31.3 Å². The van der Waals surface area contributed by atoms with Gasteiger partial charge in [0.2, 0.25) is 0 Å². The van der Waals surface area contributed by atoms with Crippen molar-refractivity contribution in [2.45, 2.75) is 122 Å². The van der Waals surface area contributed by atoms with Gasteiger partial charge in [-0.1, -0.05) is 47.0 Å². The number of amides is 2. The average molecular weight is 801 g/mol. The normalized spacial score (nSPS) is 17.2. The summed E-state index contributed by atoms with van der Waals surface area (Å²) in [5.74, 6) is 0.141. The monoisotopic (exact) mass is 800 g/mol. The fourth-order valence-corrected chi connectivity index (χ4v) is 8.06. The Morgan fingerprint density at radius 2 is 1.16 bits per heavy atom. The molecule has 0 N–H and O–H groups in total. The molecule has 16 heteroatoms. The summed E-state index contributed by atoms with van der Waals surface area (Å²) in [5.41, 5.74) is -0.679. The minimum Gasteiger partial charge on any atom is -0.493 e. The smallest absolute Gasteiger partial charge is 0.286 e. The van der Waals surface area contributed by atoms with E-state index in [0.717, 1.165) is 51.4 Å². The van der Waals surface area contributed by atoms with Crippen molar-refractivity contribution < 1.29 is 42.8 Å². The molecule has 2 heterocycles. The Labute approximate surface area is 331 Å². The van der Waals surface area contributed by atoms with Crippen LogP contribution in [0.25, 0.3) is 0 Å². The second-order valence-corrected chi connectivity index (χ2v) is 20.9. The lowest BCUT2D eigenvalue weighted by atomic mass is 10.1. The number of benzene rings is 2. The van der Waals surface area contributed by atoms with Crippen molar-refractivity contribution in [1.82, 2.24) is 9.80 Å². The van der Waals surface area contributed by atoms with Crippen LogP contribution in [0.5, 0.6) is 23.0 Å². The van der Waals surface area contributed by atoms with Crippen LogP contribution in [0.4, 0.5) is 11.4 Å². The third-order valence-electron chi connectivity index (χ3n) is 11.4. The second-order valence-electron chi connectivity index (χ2n) is 16.1. The maximum Gasteiger partial charge on any atom is 0.286 e. The van der Waals surface area contributed by atoms with Crippen molar-refractivity contribution in [3.8, 4) is 23.0 Å². The predicted octanol–water partition coefficient (Wildman–Crippen LogP) is 8.57. The zero-order valence-electron chi connectivity index (χ0n) is 34.4. The standard InChI is InChI=1S/C40H60N4O11Si/c1-9-28-17-15-19-41(28)38(45)30-23-34(51-5)36(25-32(30)43(47)48)53-21-13-11-10-12-14-22-54-37-26-33(44(49)50)31(24-35(37)52-6)39(46)42-20-16-18-29(42)27-55-56(7,8)40(2,3)4/h23-26,28-29H,9-22,27H2,1-8H3/t28-,29+/m1/s1. The SMILES string of the molecule is CC[C@@H]1CCCN1C(=O)c1cc(OC)c(OCCCCCCCOc2cc([N+](=O)[O-])c(C(=O)N3CCC[C@H]3CO[Si](C)(C)C(C)(C)C)cc2OC)cc1[N+](=O)[O-]. The van der Waals surface area contributed by atoms with E-state index >= 15 is 0 Å². The first-order valence-electron chi connectivity index (χ1n) is 19.8. The van der Waals surface area contributed by atoms with E-state index < -0.39 is 24.1 Å². The van der Waals surface area contributed by atoms with E-state index in [1.807, 2.05) is 6.92 Å². The number of likely N-dealkylation sites (tertiary alicyclic amines) is 2. The van der Waals surface area contributed by atoms with Crippen LogP contribution >= 0.6 is 0 Å². The third kappa shape index (κ3) is 10.7. The second kappa shape index (κ2) is 19.6. The number of hydrogen-bond acceptors (Lipinski definition) is 11. The summed E-state index contributed by atoms with van der Waals surface area (Å²) in [6.07, 6.45) is 7.95. The molecule has 0 unspecified atom stereocenters. The van der Waals surface area contributed by atoms with Crippen LogP contribution in [-0.2, 0) is 4.43 Å². The lowest BCUT2D eigenvalue weighted by Gasteiger charge is -2.38. The molecule has 0 saturated carbocycles. The van der Waals surface area contributed by atoms with Gasteiger partial charge < -0.3 is 33.2 Å². The molecule has 2 atom stereocenters. The average Bonchev–Trinajstić information content (AvgIpc) is 3.85. The topological polar surface area (TPSA) is 173 Å². The van der Waals surface area contributed by atoms with Crippen LogP contribution in [0.3, 0.4) is 0 Å². The number of methoxy groups -OCH3 is 2. The van der Waals surface area contributed by atoms with Crippen LogP contribution in [0.15, 0.2) is 24.3 Å². The van der Waals surface area contributed by atoms with Gasteiger partial charge in [-0.15, -0.1) is 0 Å². The van der Waals surface area contributed by atoms with E-state index in [0.29, 0.717) is 45.8 Å². The molecule has 0 aromatic heterocycles. The van der Waals surface area contributed by atoms with E-state index in [1.54, 1.807) is 9.80 Å². The van der Waals surface area contributed by atoms with Crippen LogP contribution in [0, 0.1) is 20.2 Å². The van der Waals surface area contributed by atoms with Crippen molar-refractivity contribution in [2.24, 2.45) is 0 Å². The summed E-state index contributed by atoms with van der Waals surface area (Å²) in [5, 5.41) is 24.2. The maximum absolute atomic E-state index is 13.8. The third-order valence-corrected chi connectivity index (χ3v) is 15.9. The number of rotatable bonds is 20. The maximum atomic E-state index is 13.8. The molecule has 0 aliphatic carbocycles. The lowest BCUT2D eigenvalue weighted by molar-refractivity contribution is -0.385. The molecular formula is C40H60N4O11Si. The first-order valence-corrected chi connectivity index (χ1v) is 22.7. The molecule has 0 bridgehead atoms.